The molecule has 0 aromatic rings. The molecule has 0 spiro atoms. The summed E-state index contributed by atoms with van der Waals surface area (Å²) in [4.78, 5) is 0. The topological polar surface area (TPSA) is 29.5 Å². The maximum absolute atomic E-state index is 9.34. The Morgan fingerprint density at radius 2 is 1.18 bits per heavy atom. The van der Waals surface area contributed by atoms with E-state index in [0.29, 0.717) is 6.61 Å². The average molecular weight is 244 g/mol. The molecule has 0 fully saturated rings. The van der Waals surface area contributed by atoms with Gasteiger partial charge in [-0.25, -0.2) is 0 Å². The van der Waals surface area contributed by atoms with E-state index in [9.17, 15) is 5.11 Å². The standard InChI is InChI=1S/C15H32O2/c1-4-5-6-7-8-9-10-11-12-13-14-17-15(2,3)16/h16H,4-14H2,1-3H3. The van der Waals surface area contributed by atoms with Gasteiger partial charge in [0.2, 0.25) is 0 Å². The van der Waals surface area contributed by atoms with Crippen LogP contribution < -0.4 is 0 Å². The third kappa shape index (κ3) is 15.9. The first kappa shape index (κ1) is 16.9. The molecule has 17 heavy (non-hydrogen) atoms. The Balaban J connectivity index is 2.99. The molecule has 0 aliphatic rings. The molecule has 0 amide bonds. The fourth-order valence-electron chi connectivity index (χ4n) is 1.91. The maximum atomic E-state index is 9.34. The van der Waals surface area contributed by atoms with Gasteiger partial charge in [-0.1, -0.05) is 64.7 Å². The van der Waals surface area contributed by atoms with Crippen LogP contribution in [-0.4, -0.2) is 17.5 Å². The van der Waals surface area contributed by atoms with Crippen molar-refractivity contribution < 1.29 is 9.84 Å². The molecule has 0 unspecified atom stereocenters. The molecule has 0 aromatic heterocycles. The minimum absolute atomic E-state index is 0.681. The summed E-state index contributed by atoms with van der Waals surface area (Å²) < 4.78 is 5.26. The van der Waals surface area contributed by atoms with Crippen LogP contribution in [0.2, 0.25) is 0 Å². The average Bonchev–Trinajstić information content (AvgIpc) is 2.24. The first-order valence-corrected chi connectivity index (χ1v) is 7.42. The summed E-state index contributed by atoms with van der Waals surface area (Å²) in [6.07, 6.45) is 13.3. The predicted molar refractivity (Wildman–Crippen MR) is 74.1 cm³/mol. The minimum Gasteiger partial charge on any atom is -0.366 e. The highest BCUT2D eigenvalue weighted by Crippen LogP contribution is 2.11. The molecule has 2 heteroatoms. The van der Waals surface area contributed by atoms with Crippen LogP contribution in [0.25, 0.3) is 0 Å². The van der Waals surface area contributed by atoms with Gasteiger partial charge in [-0.3, -0.25) is 0 Å². The van der Waals surface area contributed by atoms with Crippen molar-refractivity contribution in [2.24, 2.45) is 0 Å². The number of ether oxygens (including phenoxy) is 1. The molecular formula is C15H32O2. The van der Waals surface area contributed by atoms with E-state index in [2.05, 4.69) is 6.92 Å². The van der Waals surface area contributed by atoms with Crippen LogP contribution in [-0.2, 0) is 4.74 Å². The van der Waals surface area contributed by atoms with Crippen molar-refractivity contribution in [1.29, 1.82) is 0 Å². The summed E-state index contributed by atoms with van der Waals surface area (Å²) in [5.74, 6) is -0.959. The smallest absolute Gasteiger partial charge is 0.159 e. The van der Waals surface area contributed by atoms with Crippen molar-refractivity contribution >= 4 is 0 Å². The summed E-state index contributed by atoms with van der Waals surface area (Å²) in [7, 11) is 0. The number of hydrogen-bond acceptors (Lipinski definition) is 2. The largest absolute Gasteiger partial charge is 0.366 e. The fourth-order valence-corrected chi connectivity index (χ4v) is 1.91. The van der Waals surface area contributed by atoms with Gasteiger partial charge >= 0.3 is 0 Å². The van der Waals surface area contributed by atoms with Crippen molar-refractivity contribution in [1.82, 2.24) is 0 Å². The van der Waals surface area contributed by atoms with E-state index in [4.69, 9.17) is 4.74 Å². The Hall–Kier alpha value is -0.0800. The normalized spacial score (nSPS) is 12.0. The summed E-state index contributed by atoms with van der Waals surface area (Å²) >= 11 is 0. The summed E-state index contributed by atoms with van der Waals surface area (Å²) in [6.45, 7) is 6.31. The fraction of sp³-hybridized carbons (Fsp3) is 1.00. The Morgan fingerprint density at radius 1 is 0.765 bits per heavy atom. The molecule has 0 aliphatic carbocycles. The van der Waals surface area contributed by atoms with Gasteiger partial charge in [-0.05, 0) is 20.3 Å². The third-order valence-corrected chi connectivity index (χ3v) is 2.95. The highest BCUT2D eigenvalue weighted by Gasteiger charge is 2.10. The van der Waals surface area contributed by atoms with E-state index < -0.39 is 5.79 Å². The van der Waals surface area contributed by atoms with Crippen LogP contribution in [0.4, 0.5) is 0 Å². The molecule has 0 rings (SSSR count). The van der Waals surface area contributed by atoms with Gasteiger partial charge in [0.15, 0.2) is 5.79 Å². The minimum atomic E-state index is -0.959. The van der Waals surface area contributed by atoms with Crippen molar-refractivity contribution in [3.8, 4) is 0 Å². The highest BCUT2D eigenvalue weighted by atomic mass is 16.6. The Bertz CT molecular complexity index is 149. The number of unbranched alkanes of at least 4 members (excludes halogenated alkanes) is 9. The first-order chi connectivity index (χ1) is 8.06. The second-order valence-corrected chi connectivity index (χ2v) is 5.48. The molecule has 104 valence electrons. The lowest BCUT2D eigenvalue weighted by Crippen LogP contribution is -2.23. The molecule has 0 aliphatic heterocycles. The van der Waals surface area contributed by atoms with Crippen molar-refractivity contribution in [2.75, 3.05) is 6.61 Å². The molecule has 0 bridgehead atoms. The molecule has 1 N–H and O–H groups in total. The van der Waals surface area contributed by atoms with E-state index >= 15 is 0 Å². The van der Waals surface area contributed by atoms with Gasteiger partial charge in [0.25, 0.3) is 0 Å². The Kier molecular flexibility index (Phi) is 11.0. The summed E-state index contributed by atoms with van der Waals surface area (Å²) in [5.41, 5.74) is 0. The molecule has 2 nitrogen and oxygen atoms in total. The van der Waals surface area contributed by atoms with Crippen LogP contribution in [0.3, 0.4) is 0 Å². The quantitative estimate of drug-likeness (QED) is 0.400. The Labute approximate surface area is 108 Å². The van der Waals surface area contributed by atoms with Gasteiger partial charge in [-0.2, -0.15) is 0 Å². The van der Waals surface area contributed by atoms with Gasteiger partial charge in [0.1, 0.15) is 0 Å². The van der Waals surface area contributed by atoms with E-state index in [1.165, 1.54) is 57.8 Å². The first-order valence-electron chi connectivity index (χ1n) is 7.42. The second-order valence-electron chi connectivity index (χ2n) is 5.48. The summed E-state index contributed by atoms with van der Waals surface area (Å²) in [5, 5.41) is 9.34. The monoisotopic (exact) mass is 244 g/mol. The van der Waals surface area contributed by atoms with E-state index in [-0.39, 0.29) is 0 Å². The highest BCUT2D eigenvalue weighted by molar-refractivity contribution is 4.50. The van der Waals surface area contributed by atoms with Crippen LogP contribution in [0, 0.1) is 0 Å². The number of aliphatic hydroxyl groups is 1. The molecular weight excluding hydrogens is 212 g/mol. The van der Waals surface area contributed by atoms with Crippen LogP contribution in [0.15, 0.2) is 0 Å². The predicted octanol–water partition coefficient (Wildman–Crippen LogP) is 4.65. The van der Waals surface area contributed by atoms with Gasteiger partial charge in [0, 0.05) is 6.61 Å². The SMILES string of the molecule is CCCCCCCCCCCCOC(C)(C)O. The lowest BCUT2D eigenvalue weighted by atomic mass is 10.1. The van der Waals surface area contributed by atoms with Crippen molar-refractivity contribution in [2.45, 2.75) is 90.8 Å². The molecule has 0 radical (unpaired) electrons. The molecule has 0 atom stereocenters. The molecule has 0 aromatic carbocycles. The zero-order valence-electron chi connectivity index (χ0n) is 12.1. The Morgan fingerprint density at radius 3 is 1.59 bits per heavy atom. The molecule has 0 heterocycles. The van der Waals surface area contributed by atoms with Crippen LogP contribution in [0.1, 0.15) is 85.0 Å². The van der Waals surface area contributed by atoms with E-state index in [1.54, 1.807) is 13.8 Å². The van der Waals surface area contributed by atoms with E-state index in [1.807, 2.05) is 0 Å². The number of hydrogen-bond donors (Lipinski definition) is 1. The third-order valence-electron chi connectivity index (χ3n) is 2.95. The second kappa shape index (κ2) is 11.0. The number of rotatable bonds is 12. The van der Waals surface area contributed by atoms with Crippen LogP contribution in [0.5, 0.6) is 0 Å². The zero-order valence-corrected chi connectivity index (χ0v) is 12.1. The van der Waals surface area contributed by atoms with Crippen molar-refractivity contribution in [3.05, 3.63) is 0 Å². The molecule has 0 saturated heterocycles. The zero-order chi connectivity index (χ0) is 13.0. The summed E-state index contributed by atoms with van der Waals surface area (Å²) in [6, 6.07) is 0. The van der Waals surface area contributed by atoms with Gasteiger partial charge in [0.05, 0.1) is 0 Å². The van der Waals surface area contributed by atoms with Gasteiger partial charge in [-0.15, -0.1) is 0 Å². The lowest BCUT2D eigenvalue weighted by Gasteiger charge is -2.17. The van der Waals surface area contributed by atoms with E-state index in [0.717, 1.165) is 6.42 Å². The van der Waals surface area contributed by atoms with Gasteiger partial charge < -0.3 is 9.84 Å². The van der Waals surface area contributed by atoms with Crippen LogP contribution >= 0.6 is 0 Å². The lowest BCUT2D eigenvalue weighted by molar-refractivity contribution is -0.176. The maximum Gasteiger partial charge on any atom is 0.159 e. The van der Waals surface area contributed by atoms with Crippen molar-refractivity contribution in [3.63, 3.8) is 0 Å². The molecule has 0 saturated carbocycles.